The molecule has 0 bridgehead atoms. The van der Waals surface area contributed by atoms with Crippen LogP contribution in [-0.4, -0.2) is 18.6 Å². The van der Waals surface area contributed by atoms with E-state index < -0.39 is 0 Å². The average Bonchev–Trinajstić information content (AvgIpc) is 2.54. The highest BCUT2D eigenvalue weighted by atomic mass is 35.5. The van der Waals surface area contributed by atoms with Crippen LogP contribution in [-0.2, 0) is 0 Å². The number of aromatic nitrogens is 1. The van der Waals surface area contributed by atoms with E-state index in [1.165, 1.54) is 25.7 Å². The van der Waals surface area contributed by atoms with Crippen LogP contribution >= 0.6 is 11.6 Å². The predicted molar refractivity (Wildman–Crippen MR) is 101 cm³/mol. The molecule has 4 nitrogen and oxygen atoms in total. The highest BCUT2D eigenvalue weighted by Crippen LogP contribution is 2.36. The third-order valence-corrected chi connectivity index (χ3v) is 5.08. The Labute approximate surface area is 148 Å². The quantitative estimate of drug-likeness (QED) is 0.694. The lowest BCUT2D eigenvalue weighted by molar-refractivity contribution is 0.292. The summed E-state index contributed by atoms with van der Waals surface area (Å²) in [5.41, 5.74) is 8.72. The molecule has 1 aromatic carbocycles. The minimum atomic E-state index is 0.614. The van der Waals surface area contributed by atoms with Crippen molar-refractivity contribution in [1.82, 2.24) is 4.98 Å². The van der Waals surface area contributed by atoms with Crippen molar-refractivity contribution < 1.29 is 4.74 Å². The Hall–Kier alpha value is -1.94. The molecule has 1 heterocycles. The van der Waals surface area contributed by atoms with Crippen LogP contribution in [0.2, 0.25) is 5.02 Å². The van der Waals surface area contributed by atoms with E-state index in [9.17, 15) is 0 Å². The highest BCUT2D eigenvalue weighted by molar-refractivity contribution is 6.33. The van der Waals surface area contributed by atoms with Crippen LogP contribution in [0.25, 0.3) is 11.1 Å². The maximum atomic E-state index is 6.37. The molecule has 1 saturated carbocycles. The first-order valence-electron chi connectivity index (χ1n) is 8.51. The van der Waals surface area contributed by atoms with Crippen molar-refractivity contribution in [2.75, 3.05) is 24.7 Å². The molecule has 2 aromatic rings. The van der Waals surface area contributed by atoms with Gasteiger partial charge < -0.3 is 15.8 Å². The van der Waals surface area contributed by atoms with Crippen molar-refractivity contribution in [2.24, 2.45) is 5.92 Å². The molecule has 0 radical (unpaired) electrons. The normalized spacial score (nSPS) is 14.2. The van der Waals surface area contributed by atoms with E-state index in [1.807, 2.05) is 18.2 Å². The highest BCUT2D eigenvalue weighted by Gasteiger charge is 2.16. The number of benzene rings is 1. The largest absolute Gasteiger partial charge is 0.497 e. The van der Waals surface area contributed by atoms with Gasteiger partial charge in [-0.2, -0.15) is 0 Å². The second-order valence-corrected chi connectivity index (χ2v) is 6.74. The molecular formula is C19H24ClN3O. The first-order chi connectivity index (χ1) is 11.7. The number of nitrogen functional groups attached to an aromatic ring is 1. The van der Waals surface area contributed by atoms with E-state index >= 15 is 0 Å². The summed E-state index contributed by atoms with van der Waals surface area (Å²) in [7, 11) is 1.62. The van der Waals surface area contributed by atoms with Gasteiger partial charge in [0.15, 0.2) is 0 Å². The topological polar surface area (TPSA) is 60.2 Å². The molecule has 0 unspecified atom stereocenters. The van der Waals surface area contributed by atoms with Crippen LogP contribution < -0.4 is 15.8 Å². The molecule has 1 aliphatic carbocycles. The first kappa shape index (κ1) is 16.9. The summed E-state index contributed by atoms with van der Waals surface area (Å²) < 4.78 is 5.20. The van der Waals surface area contributed by atoms with Gasteiger partial charge in [0.05, 0.1) is 17.8 Å². The molecule has 128 valence electrons. The number of rotatable bonds is 7. The zero-order valence-corrected chi connectivity index (χ0v) is 14.8. The third kappa shape index (κ3) is 3.75. The standard InChI is InChI=1S/C19H24ClN3O/c1-24-14-7-8-15(17(20)12-14)16-9-11-23-19(18(16)21)22-10-3-6-13-4-2-5-13/h7-9,11-13H,2-6,10,21H2,1H3,(H,22,23). The van der Waals surface area contributed by atoms with Crippen LogP contribution in [0.5, 0.6) is 5.75 Å². The Kier molecular flexibility index (Phi) is 5.46. The third-order valence-electron chi connectivity index (χ3n) is 4.76. The summed E-state index contributed by atoms with van der Waals surface area (Å²) in [6.45, 7) is 0.896. The molecular weight excluding hydrogens is 322 g/mol. The molecule has 24 heavy (non-hydrogen) atoms. The predicted octanol–water partition coefficient (Wildman–Crippen LogP) is 4.99. The van der Waals surface area contributed by atoms with Gasteiger partial charge in [-0.25, -0.2) is 4.98 Å². The number of ether oxygens (including phenoxy) is 1. The van der Waals surface area contributed by atoms with E-state index in [2.05, 4.69) is 10.3 Å². The smallest absolute Gasteiger partial charge is 0.149 e. The summed E-state index contributed by atoms with van der Waals surface area (Å²) in [4.78, 5) is 4.37. The minimum Gasteiger partial charge on any atom is -0.497 e. The number of methoxy groups -OCH3 is 1. The molecule has 0 amide bonds. The van der Waals surface area contributed by atoms with Gasteiger partial charge >= 0.3 is 0 Å². The van der Waals surface area contributed by atoms with Crippen LogP contribution in [0.15, 0.2) is 30.5 Å². The fraction of sp³-hybridized carbons (Fsp3) is 0.421. The van der Waals surface area contributed by atoms with Crippen molar-refractivity contribution >= 4 is 23.1 Å². The van der Waals surface area contributed by atoms with Gasteiger partial charge in [0.2, 0.25) is 0 Å². The SMILES string of the molecule is COc1ccc(-c2ccnc(NCCCC3CCC3)c2N)c(Cl)c1. The zero-order chi connectivity index (χ0) is 16.9. The monoisotopic (exact) mass is 345 g/mol. The van der Waals surface area contributed by atoms with E-state index in [-0.39, 0.29) is 0 Å². The molecule has 1 fully saturated rings. The summed E-state index contributed by atoms with van der Waals surface area (Å²) in [6, 6.07) is 7.49. The molecule has 1 aromatic heterocycles. The first-order valence-corrected chi connectivity index (χ1v) is 8.89. The Balaban J connectivity index is 1.70. The second-order valence-electron chi connectivity index (χ2n) is 6.33. The number of hydrogen-bond donors (Lipinski definition) is 2. The molecule has 0 aliphatic heterocycles. The molecule has 0 atom stereocenters. The number of hydrogen-bond acceptors (Lipinski definition) is 4. The summed E-state index contributed by atoms with van der Waals surface area (Å²) in [6.07, 6.45) is 8.39. The van der Waals surface area contributed by atoms with E-state index in [4.69, 9.17) is 22.1 Å². The van der Waals surface area contributed by atoms with Gasteiger partial charge in [0, 0.05) is 23.9 Å². The van der Waals surface area contributed by atoms with Crippen LogP contribution in [0.1, 0.15) is 32.1 Å². The molecule has 3 rings (SSSR count). The lowest BCUT2D eigenvalue weighted by Crippen LogP contribution is -2.13. The van der Waals surface area contributed by atoms with Gasteiger partial charge in [-0.3, -0.25) is 0 Å². The van der Waals surface area contributed by atoms with Crippen molar-refractivity contribution in [1.29, 1.82) is 0 Å². The van der Waals surface area contributed by atoms with Gasteiger partial charge in [-0.1, -0.05) is 30.9 Å². The summed E-state index contributed by atoms with van der Waals surface area (Å²) in [5, 5.41) is 3.98. The Morgan fingerprint density at radius 2 is 2.12 bits per heavy atom. The van der Waals surface area contributed by atoms with Crippen LogP contribution in [0.3, 0.4) is 0 Å². The fourth-order valence-electron chi connectivity index (χ4n) is 3.07. The van der Waals surface area contributed by atoms with Crippen molar-refractivity contribution in [3.8, 4) is 16.9 Å². The van der Waals surface area contributed by atoms with Crippen LogP contribution in [0, 0.1) is 5.92 Å². The van der Waals surface area contributed by atoms with Crippen molar-refractivity contribution in [2.45, 2.75) is 32.1 Å². The molecule has 0 spiro atoms. The average molecular weight is 346 g/mol. The Morgan fingerprint density at radius 3 is 2.79 bits per heavy atom. The molecule has 0 saturated heterocycles. The number of anilines is 2. The number of halogens is 1. The van der Waals surface area contributed by atoms with Gasteiger partial charge in [0.25, 0.3) is 0 Å². The summed E-state index contributed by atoms with van der Waals surface area (Å²) in [5.74, 6) is 2.39. The number of nitrogens with two attached hydrogens (primary N) is 1. The van der Waals surface area contributed by atoms with Crippen molar-refractivity contribution in [3.05, 3.63) is 35.5 Å². The fourth-order valence-corrected chi connectivity index (χ4v) is 3.34. The maximum Gasteiger partial charge on any atom is 0.149 e. The van der Waals surface area contributed by atoms with E-state index in [0.717, 1.165) is 41.6 Å². The van der Waals surface area contributed by atoms with Gasteiger partial charge in [-0.15, -0.1) is 0 Å². The Morgan fingerprint density at radius 1 is 1.29 bits per heavy atom. The minimum absolute atomic E-state index is 0.614. The number of nitrogens with one attached hydrogen (secondary N) is 1. The molecule has 5 heteroatoms. The van der Waals surface area contributed by atoms with Crippen LogP contribution in [0.4, 0.5) is 11.5 Å². The molecule has 1 aliphatic rings. The van der Waals surface area contributed by atoms with Crippen molar-refractivity contribution in [3.63, 3.8) is 0 Å². The van der Waals surface area contributed by atoms with Gasteiger partial charge in [-0.05, 0) is 43.0 Å². The number of pyridine rings is 1. The zero-order valence-electron chi connectivity index (χ0n) is 14.0. The lowest BCUT2D eigenvalue weighted by atomic mass is 9.82. The summed E-state index contributed by atoms with van der Waals surface area (Å²) >= 11 is 6.37. The van der Waals surface area contributed by atoms with E-state index in [0.29, 0.717) is 10.7 Å². The maximum absolute atomic E-state index is 6.37. The molecule has 3 N–H and O–H groups in total. The van der Waals surface area contributed by atoms with Gasteiger partial charge in [0.1, 0.15) is 11.6 Å². The second kappa shape index (κ2) is 7.75. The lowest BCUT2D eigenvalue weighted by Gasteiger charge is -2.25. The van der Waals surface area contributed by atoms with E-state index in [1.54, 1.807) is 19.4 Å². The number of nitrogens with zero attached hydrogens (tertiary/aromatic N) is 1. The Bertz CT molecular complexity index is 701.